The first-order valence-corrected chi connectivity index (χ1v) is 22.4. The van der Waals surface area contributed by atoms with Crippen LogP contribution in [0.4, 0.5) is 0 Å². The van der Waals surface area contributed by atoms with Crippen LogP contribution in [0.1, 0.15) is 214 Å². The number of nitrogens with one attached hydrogen (secondary N) is 1. The van der Waals surface area contributed by atoms with Gasteiger partial charge in [0.2, 0.25) is 0 Å². The van der Waals surface area contributed by atoms with Crippen LogP contribution in [0.25, 0.3) is 0 Å². The average molecular weight is 734 g/mol. The van der Waals surface area contributed by atoms with Crippen molar-refractivity contribution < 1.29 is 24.2 Å². The molecule has 0 radical (unpaired) electrons. The van der Waals surface area contributed by atoms with Crippen molar-refractivity contribution in [2.24, 2.45) is 11.8 Å². The van der Waals surface area contributed by atoms with Crippen molar-refractivity contribution in [3.05, 3.63) is 23.8 Å². The zero-order chi connectivity index (χ0) is 38.3. The van der Waals surface area contributed by atoms with Crippen molar-refractivity contribution in [3.8, 4) is 0 Å². The Morgan fingerprint density at radius 2 is 1.15 bits per heavy atom. The van der Waals surface area contributed by atoms with Crippen LogP contribution >= 0.6 is 0 Å². The lowest BCUT2D eigenvalue weighted by molar-refractivity contribution is -0.138. The van der Waals surface area contributed by atoms with E-state index in [4.69, 9.17) is 9.47 Å². The van der Waals surface area contributed by atoms with Crippen LogP contribution in [0.5, 0.6) is 0 Å². The van der Waals surface area contributed by atoms with Crippen LogP contribution in [-0.2, 0) is 19.1 Å². The molecule has 0 aliphatic rings. The van der Waals surface area contributed by atoms with Crippen LogP contribution in [-0.4, -0.2) is 49.5 Å². The van der Waals surface area contributed by atoms with Crippen molar-refractivity contribution in [2.75, 3.05) is 26.4 Å². The standard InChI is InChI=1S/C46H87NO5/c1-6-10-12-14-16-17-18-21-30-42(29-8-3)40-46(50)52-39-26-24-34-44(47-36-28-37-48)33-23-20-25-38-51-45(49)35-27-32-43(41(5)9-4)31-22-19-15-13-11-7-2/h27,35,40-41,43-44,47-48H,6-26,28-34,36-39H2,1-5H3/b35-27+,42-40+. The molecule has 0 aromatic heterocycles. The van der Waals surface area contributed by atoms with Gasteiger partial charge in [0, 0.05) is 24.8 Å². The molecular formula is C46H87NO5. The van der Waals surface area contributed by atoms with Crippen LogP contribution in [0.2, 0.25) is 0 Å². The third kappa shape index (κ3) is 32.9. The second kappa shape index (κ2) is 39.0. The van der Waals surface area contributed by atoms with E-state index in [1.165, 1.54) is 108 Å². The fourth-order valence-corrected chi connectivity index (χ4v) is 7.07. The SMILES string of the molecule is CCCCCCCCCC/C(=C/C(=O)OCCCCC(CCCCCOC(=O)/C=C/CC(CCCCCCCC)C(C)CC)NCCCO)CCC. The molecule has 0 fully saturated rings. The van der Waals surface area contributed by atoms with E-state index in [2.05, 4.69) is 39.9 Å². The lowest BCUT2D eigenvalue weighted by Crippen LogP contribution is -2.30. The van der Waals surface area contributed by atoms with Gasteiger partial charge in [0.05, 0.1) is 13.2 Å². The first kappa shape index (κ1) is 50.3. The summed E-state index contributed by atoms with van der Waals surface area (Å²) in [6.45, 7) is 13.2. The molecular weight excluding hydrogens is 647 g/mol. The van der Waals surface area contributed by atoms with E-state index in [0.29, 0.717) is 31.1 Å². The molecule has 6 heteroatoms. The topological polar surface area (TPSA) is 84.9 Å². The van der Waals surface area contributed by atoms with E-state index in [9.17, 15) is 14.7 Å². The molecule has 0 spiro atoms. The van der Waals surface area contributed by atoms with Gasteiger partial charge >= 0.3 is 11.9 Å². The second-order valence-corrected chi connectivity index (χ2v) is 15.5. The Balaban J connectivity index is 4.32. The lowest BCUT2D eigenvalue weighted by atomic mass is 9.84. The third-order valence-corrected chi connectivity index (χ3v) is 10.7. The van der Waals surface area contributed by atoms with E-state index < -0.39 is 0 Å². The van der Waals surface area contributed by atoms with E-state index in [0.717, 1.165) is 83.6 Å². The van der Waals surface area contributed by atoms with E-state index in [-0.39, 0.29) is 18.5 Å². The number of rotatable bonds is 39. The number of hydrogen-bond donors (Lipinski definition) is 2. The number of unbranched alkanes of at least 4 members (excludes halogenated alkanes) is 15. The van der Waals surface area contributed by atoms with E-state index in [1.54, 1.807) is 12.2 Å². The number of hydrogen-bond acceptors (Lipinski definition) is 6. The summed E-state index contributed by atoms with van der Waals surface area (Å²) < 4.78 is 11.1. The van der Waals surface area contributed by atoms with Crippen molar-refractivity contribution >= 4 is 11.9 Å². The molecule has 6 nitrogen and oxygen atoms in total. The van der Waals surface area contributed by atoms with Gasteiger partial charge in [-0.3, -0.25) is 0 Å². The van der Waals surface area contributed by atoms with Gasteiger partial charge in [0.1, 0.15) is 0 Å². The molecule has 0 aliphatic carbocycles. The Morgan fingerprint density at radius 1 is 0.615 bits per heavy atom. The predicted octanol–water partition coefficient (Wildman–Crippen LogP) is 12.8. The van der Waals surface area contributed by atoms with Crippen LogP contribution in [0, 0.1) is 11.8 Å². The molecule has 0 heterocycles. The van der Waals surface area contributed by atoms with E-state index >= 15 is 0 Å². The summed E-state index contributed by atoms with van der Waals surface area (Å²) in [5, 5.41) is 12.9. The fourth-order valence-electron chi connectivity index (χ4n) is 7.07. The van der Waals surface area contributed by atoms with Crippen LogP contribution in [0.3, 0.4) is 0 Å². The van der Waals surface area contributed by atoms with Crippen LogP contribution < -0.4 is 5.32 Å². The maximum atomic E-state index is 12.5. The first-order chi connectivity index (χ1) is 25.4. The summed E-state index contributed by atoms with van der Waals surface area (Å²) in [6.07, 6.45) is 37.9. The highest BCUT2D eigenvalue weighted by atomic mass is 16.5. The normalized spacial score (nSPS) is 13.8. The monoisotopic (exact) mass is 734 g/mol. The smallest absolute Gasteiger partial charge is 0.330 e. The van der Waals surface area contributed by atoms with Gasteiger partial charge in [-0.05, 0) is 89.0 Å². The molecule has 2 N–H and O–H groups in total. The van der Waals surface area contributed by atoms with Crippen molar-refractivity contribution in [1.29, 1.82) is 0 Å². The maximum absolute atomic E-state index is 12.5. The predicted molar refractivity (Wildman–Crippen MR) is 223 cm³/mol. The highest BCUT2D eigenvalue weighted by Crippen LogP contribution is 2.26. The Labute approximate surface area is 323 Å². The molecule has 0 saturated heterocycles. The van der Waals surface area contributed by atoms with Gasteiger partial charge in [0.25, 0.3) is 0 Å². The van der Waals surface area contributed by atoms with Gasteiger partial charge in [-0.1, -0.05) is 155 Å². The molecule has 0 amide bonds. The number of aliphatic hydroxyl groups is 1. The van der Waals surface area contributed by atoms with E-state index in [1.807, 2.05) is 6.08 Å². The van der Waals surface area contributed by atoms with Gasteiger partial charge in [0.15, 0.2) is 0 Å². The van der Waals surface area contributed by atoms with Crippen molar-refractivity contribution in [1.82, 2.24) is 5.32 Å². The number of ether oxygens (including phenoxy) is 2. The van der Waals surface area contributed by atoms with Crippen molar-refractivity contribution in [3.63, 3.8) is 0 Å². The quantitative estimate of drug-likeness (QED) is 0.0372. The number of carbonyl (C=O) groups is 2. The number of aliphatic hydroxyl groups excluding tert-OH is 1. The van der Waals surface area contributed by atoms with Gasteiger partial charge < -0.3 is 19.9 Å². The van der Waals surface area contributed by atoms with Gasteiger partial charge in [-0.25, -0.2) is 9.59 Å². The molecule has 306 valence electrons. The summed E-state index contributed by atoms with van der Waals surface area (Å²) >= 11 is 0. The molecule has 52 heavy (non-hydrogen) atoms. The first-order valence-electron chi connectivity index (χ1n) is 22.4. The van der Waals surface area contributed by atoms with Crippen molar-refractivity contribution in [2.45, 2.75) is 220 Å². The Morgan fingerprint density at radius 3 is 1.77 bits per heavy atom. The molecule has 0 aromatic carbocycles. The number of esters is 2. The van der Waals surface area contributed by atoms with Gasteiger partial charge in [-0.15, -0.1) is 0 Å². The molecule has 3 atom stereocenters. The maximum Gasteiger partial charge on any atom is 0.330 e. The molecule has 0 aromatic rings. The summed E-state index contributed by atoms with van der Waals surface area (Å²) in [5.74, 6) is 0.920. The molecule has 0 saturated carbocycles. The highest BCUT2D eigenvalue weighted by Gasteiger charge is 2.14. The molecule has 0 aliphatic heterocycles. The molecule has 0 bridgehead atoms. The Bertz CT molecular complexity index is 856. The lowest BCUT2D eigenvalue weighted by Gasteiger charge is -2.21. The molecule has 3 unspecified atom stereocenters. The summed E-state index contributed by atoms with van der Waals surface area (Å²) in [5.41, 5.74) is 1.24. The number of allylic oxidation sites excluding steroid dienone is 2. The minimum absolute atomic E-state index is 0.185. The highest BCUT2D eigenvalue weighted by molar-refractivity contribution is 5.82. The second-order valence-electron chi connectivity index (χ2n) is 15.5. The Kier molecular flexibility index (Phi) is 37.8. The molecule has 0 rings (SSSR count). The number of carbonyl (C=O) groups excluding carboxylic acids is 2. The zero-order valence-corrected chi connectivity index (χ0v) is 35.2. The Hall–Kier alpha value is -1.66. The summed E-state index contributed by atoms with van der Waals surface area (Å²) in [7, 11) is 0. The minimum atomic E-state index is -0.215. The summed E-state index contributed by atoms with van der Waals surface area (Å²) in [6, 6.07) is 0.380. The zero-order valence-electron chi connectivity index (χ0n) is 35.2. The fraction of sp³-hybridized carbons (Fsp3) is 0.870. The largest absolute Gasteiger partial charge is 0.463 e. The third-order valence-electron chi connectivity index (χ3n) is 10.7. The van der Waals surface area contributed by atoms with Gasteiger partial charge in [-0.2, -0.15) is 0 Å². The summed E-state index contributed by atoms with van der Waals surface area (Å²) in [4.78, 5) is 24.9. The minimum Gasteiger partial charge on any atom is -0.463 e. The average Bonchev–Trinajstić information content (AvgIpc) is 3.14. The van der Waals surface area contributed by atoms with Crippen LogP contribution in [0.15, 0.2) is 23.8 Å².